The monoisotopic (exact) mass is 853 g/mol. The van der Waals surface area contributed by atoms with E-state index in [2.05, 4.69) is 148 Å². The summed E-state index contributed by atoms with van der Waals surface area (Å²) < 4.78 is 6.41. The van der Waals surface area contributed by atoms with Gasteiger partial charge in [-0.05, 0) is 45.8 Å². The van der Waals surface area contributed by atoms with Gasteiger partial charge in [-0.1, -0.05) is 129 Å². The van der Waals surface area contributed by atoms with E-state index in [1.807, 2.05) is 42.7 Å². The van der Waals surface area contributed by atoms with Crippen molar-refractivity contribution >= 4 is 48.5 Å². The zero-order valence-corrected chi connectivity index (χ0v) is 34.1. The fourth-order valence-electron chi connectivity index (χ4n) is 5.77. The Balaban J connectivity index is 0.000000233. The Hall–Kier alpha value is -3.94. The van der Waals surface area contributed by atoms with Crippen molar-refractivity contribution in [2.45, 2.75) is 59.0 Å². The summed E-state index contributed by atoms with van der Waals surface area (Å²) in [5.41, 5.74) is 9.28. The van der Waals surface area contributed by atoms with Crippen LogP contribution in [0.2, 0.25) is 39.3 Å². The Kier molecular flexibility index (Phi) is 11.0. The molecule has 0 unspecified atom stereocenters. The average molecular weight is 853 g/mol. The van der Waals surface area contributed by atoms with Gasteiger partial charge in [0.1, 0.15) is 5.58 Å². The van der Waals surface area contributed by atoms with Crippen LogP contribution in [0.15, 0.2) is 120 Å². The van der Waals surface area contributed by atoms with E-state index in [-0.39, 0.29) is 20.1 Å². The smallest absolute Gasteiger partial charge is 0.121 e. The maximum atomic E-state index is 6.41. The van der Waals surface area contributed by atoms with Gasteiger partial charge in [-0.15, -0.1) is 54.1 Å². The molecule has 49 heavy (non-hydrogen) atoms. The molecule has 4 aromatic carbocycles. The number of nitrogens with zero attached hydrogens (tertiary/aromatic N) is 2. The molecular formula is C43H44IrN2OSi2-2. The summed E-state index contributed by atoms with van der Waals surface area (Å²) in [5.74, 6) is 0.446. The molecule has 6 heteroatoms. The van der Waals surface area contributed by atoms with Crippen LogP contribution in [0.4, 0.5) is 0 Å². The van der Waals surface area contributed by atoms with Gasteiger partial charge in [0.15, 0.2) is 0 Å². The van der Waals surface area contributed by atoms with Crippen LogP contribution in [0.1, 0.15) is 25.3 Å². The van der Waals surface area contributed by atoms with Gasteiger partial charge in [0.05, 0.1) is 21.7 Å². The Morgan fingerprint density at radius 3 is 1.98 bits per heavy atom. The molecule has 0 aliphatic rings. The van der Waals surface area contributed by atoms with E-state index in [9.17, 15) is 0 Å². The SMILES string of the molecule is CC(C)c1ccnc(-c2[c-]ccc3c2oc2cc(-c4ccc([Si](C)(C)C)cc4)ccc23)c1.C[Si](C)(C)c1ccc(-c2[c-]cccc2)nc1.[Ir]. The maximum Gasteiger partial charge on any atom is 0.121 e. The van der Waals surface area contributed by atoms with Gasteiger partial charge in [0, 0.05) is 37.9 Å². The summed E-state index contributed by atoms with van der Waals surface area (Å²) in [6, 6.07) is 42.6. The number of aromatic nitrogens is 2. The van der Waals surface area contributed by atoms with Gasteiger partial charge < -0.3 is 14.4 Å². The number of hydrogen-bond donors (Lipinski definition) is 0. The number of fused-ring (bicyclic) bond motifs is 3. The third kappa shape index (κ3) is 8.28. The number of benzene rings is 4. The Morgan fingerprint density at radius 1 is 0.633 bits per heavy atom. The first-order chi connectivity index (χ1) is 22.9. The number of rotatable bonds is 6. The van der Waals surface area contributed by atoms with E-state index in [0.717, 1.165) is 44.5 Å². The summed E-state index contributed by atoms with van der Waals surface area (Å²) in [5, 5.41) is 5.10. The van der Waals surface area contributed by atoms with E-state index in [1.54, 1.807) is 0 Å². The molecule has 0 fully saturated rings. The van der Waals surface area contributed by atoms with Gasteiger partial charge in [0.25, 0.3) is 0 Å². The third-order valence-electron chi connectivity index (χ3n) is 8.84. The number of furan rings is 1. The molecule has 251 valence electrons. The van der Waals surface area contributed by atoms with Crippen LogP contribution >= 0.6 is 0 Å². The first kappa shape index (κ1) is 36.3. The topological polar surface area (TPSA) is 38.9 Å². The fraction of sp³-hybridized carbons (Fsp3) is 0.209. The van der Waals surface area contributed by atoms with Crippen molar-refractivity contribution in [1.82, 2.24) is 9.97 Å². The van der Waals surface area contributed by atoms with Crippen molar-refractivity contribution in [3.05, 3.63) is 133 Å². The molecule has 7 aromatic rings. The van der Waals surface area contributed by atoms with Crippen molar-refractivity contribution in [3.63, 3.8) is 0 Å². The van der Waals surface area contributed by atoms with Crippen molar-refractivity contribution in [3.8, 4) is 33.6 Å². The minimum absolute atomic E-state index is 0. The molecular weight excluding hydrogens is 809 g/mol. The quantitative estimate of drug-likeness (QED) is 0.124. The van der Waals surface area contributed by atoms with Gasteiger partial charge in [-0.25, -0.2) is 0 Å². The van der Waals surface area contributed by atoms with Crippen molar-refractivity contribution in [1.29, 1.82) is 0 Å². The largest absolute Gasteiger partial charge is 0.501 e. The first-order valence-corrected chi connectivity index (χ1v) is 23.8. The van der Waals surface area contributed by atoms with Gasteiger partial charge in [0.2, 0.25) is 0 Å². The second-order valence-electron chi connectivity index (χ2n) is 14.8. The first-order valence-electron chi connectivity index (χ1n) is 16.8. The summed E-state index contributed by atoms with van der Waals surface area (Å²) in [7, 11) is -2.53. The Labute approximate surface area is 307 Å². The minimum atomic E-state index is -1.30. The third-order valence-corrected chi connectivity index (χ3v) is 12.9. The predicted molar refractivity (Wildman–Crippen MR) is 210 cm³/mol. The number of pyridine rings is 2. The van der Waals surface area contributed by atoms with Crippen molar-refractivity contribution in [2.75, 3.05) is 0 Å². The van der Waals surface area contributed by atoms with Gasteiger partial charge in [-0.2, -0.15) is 0 Å². The van der Waals surface area contributed by atoms with E-state index in [1.165, 1.54) is 27.1 Å². The summed E-state index contributed by atoms with van der Waals surface area (Å²) in [4.78, 5) is 9.14. The molecule has 0 saturated carbocycles. The predicted octanol–water partition coefficient (Wildman–Crippen LogP) is 10.9. The van der Waals surface area contributed by atoms with E-state index in [4.69, 9.17) is 4.42 Å². The summed E-state index contributed by atoms with van der Waals surface area (Å²) >= 11 is 0. The molecule has 0 N–H and O–H groups in total. The zero-order valence-electron chi connectivity index (χ0n) is 29.7. The fourth-order valence-corrected chi connectivity index (χ4v) is 7.97. The normalized spacial score (nSPS) is 11.7. The minimum Gasteiger partial charge on any atom is -0.501 e. The van der Waals surface area contributed by atoms with Gasteiger partial charge >= 0.3 is 0 Å². The second kappa shape index (κ2) is 14.9. The molecule has 0 saturated heterocycles. The zero-order chi connectivity index (χ0) is 34.1. The Morgan fingerprint density at radius 2 is 1.35 bits per heavy atom. The molecule has 1 radical (unpaired) electrons. The number of hydrogen-bond acceptors (Lipinski definition) is 3. The maximum absolute atomic E-state index is 6.41. The van der Waals surface area contributed by atoms with Gasteiger partial charge in [-0.3, -0.25) is 0 Å². The van der Waals surface area contributed by atoms with Crippen molar-refractivity contribution in [2.24, 2.45) is 0 Å². The molecule has 0 aliphatic carbocycles. The summed E-state index contributed by atoms with van der Waals surface area (Å²) in [6.45, 7) is 18.5. The van der Waals surface area contributed by atoms with E-state index in [0.29, 0.717) is 5.92 Å². The Bertz CT molecular complexity index is 2160. The van der Waals surface area contributed by atoms with Crippen LogP contribution in [-0.4, -0.2) is 26.1 Å². The summed E-state index contributed by atoms with van der Waals surface area (Å²) in [6.07, 6.45) is 3.89. The molecule has 0 bridgehead atoms. The molecule has 3 aromatic heterocycles. The average Bonchev–Trinajstić information content (AvgIpc) is 3.46. The molecule has 3 nitrogen and oxygen atoms in total. The standard InChI is InChI=1S/C29H28NOSi.C14H16NSi.Ir/c1-19(2)21-15-16-30-27(17-21)26-8-6-7-25-24-14-11-22(18-28(24)31-29(25)26)20-9-12-23(13-10-20)32(3,4)5;1-16(2,3)13-9-10-14(15-11-13)12-7-5-4-6-8-12;/h6-7,9-19H,1-5H3;4-7,9-11H,1-3H3;/q2*-1;. The molecule has 0 aliphatic heterocycles. The second-order valence-corrected chi connectivity index (χ2v) is 25.0. The molecule has 3 heterocycles. The molecule has 0 amide bonds. The van der Waals surface area contributed by atoms with Crippen LogP contribution in [0, 0.1) is 12.1 Å². The molecule has 0 atom stereocenters. The van der Waals surface area contributed by atoms with Crippen LogP contribution in [0.25, 0.3) is 55.6 Å². The van der Waals surface area contributed by atoms with Crippen LogP contribution < -0.4 is 10.4 Å². The van der Waals surface area contributed by atoms with Crippen LogP contribution in [-0.2, 0) is 20.1 Å². The van der Waals surface area contributed by atoms with Crippen LogP contribution in [0.3, 0.4) is 0 Å². The van der Waals surface area contributed by atoms with Crippen LogP contribution in [0.5, 0.6) is 0 Å². The molecule has 7 rings (SSSR count). The van der Waals surface area contributed by atoms with E-state index < -0.39 is 16.1 Å². The van der Waals surface area contributed by atoms with Crippen molar-refractivity contribution < 1.29 is 24.5 Å². The van der Waals surface area contributed by atoms with E-state index >= 15 is 0 Å². The molecule has 0 spiro atoms.